The fourth-order valence-electron chi connectivity index (χ4n) is 3.09. The first kappa shape index (κ1) is 13.7. The molecule has 1 aliphatic rings. The molecule has 1 unspecified atom stereocenters. The molecule has 0 heterocycles. The summed E-state index contributed by atoms with van der Waals surface area (Å²) in [6, 6.07) is 15.9. The van der Waals surface area contributed by atoms with Crippen molar-refractivity contribution >= 4 is 17.3 Å². The van der Waals surface area contributed by atoms with Gasteiger partial charge in [0.25, 0.3) is 0 Å². The number of rotatable bonds is 2. The van der Waals surface area contributed by atoms with Crippen LogP contribution in [0.25, 0.3) is 0 Å². The smallest absolute Gasteiger partial charge is 0.230 e. The number of amides is 1. The molecular formula is C18H20N2O. The van der Waals surface area contributed by atoms with Crippen LogP contribution in [-0.2, 0) is 17.6 Å². The highest BCUT2D eigenvalue weighted by Gasteiger charge is 2.27. The number of carbonyl (C=O) groups is 1. The summed E-state index contributed by atoms with van der Waals surface area (Å²) in [5.41, 5.74) is 10.1. The van der Waals surface area contributed by atoms with Gasteiger partial charge in [-0.2, -0.15) is 0 Å². The molecule has 0 saturated carbocycles. The summed E-state index contributed by atoms with van der Waals surface area (Å²) in [7, 11) is 1.81. The quantitative estimate of drug-likeness (QED) is 0.859. The third-order valence-electron chi connectivity index (χ3n) is 4.32. The van der Waals surface area contributed by atoms with Crippen molar-refractivity contribution in [2.45, 2.75) is 19.3 Å². The maximum Gasteiger partial charge on any atom is 0.230 e. The van der Waals surface area contributed by atoms with Crippen LogP contribution in [0.2, 0.25) is 0 Å². The number of fused-ring (bicyclic) bond motifs is 1. The van der Waals surface area contributed by atoms with Crippen LogP contribution in [0.1, 0.15) is 17.5 Å². The monoisotopic (exact) mass is 280 g/mol. The summed E-state index contributed by atoms with van der Waals surface area (Å²) in [4.78, 5) is 14.4. The highest BCUT2D eigenvalue weighted by molar-refractivity contribution is 5.97. The molecule has 1 atom stereocenters. The van der Waals surface area contributed by atoms with E-state index >= 15 is 0 Å². The Bertz CT molecular complexity index is 666. The standard InChI is InChI=1S/C18H20N2O/c1-20(17-9-5-4-8-16(17)19)18(21)15-11-10-13-6-2-3-7-14(13)12-15/h2-9,15H,10-12,19H2,1H3. The number of aryl methyl sites for hydroxylation is 1. The van der Waals surface area contributed by atoms with Gasteiger partial charge in [0.05, 0.1) is 11.4 Å². The summed E-state index contributed by atoms with van der Waals surface area (Å²) < 4.78 is 0. The molecule has 0 radical (unpaired) electrons. The van der Waals surface area contributed by atoms with Crippen LogP contribution in [0.3, 0.4) is 0 Å². The van der Waals surface area contributed by atoms with Gasteiger partial charge in [0, 0.05) is 13.0 Å². The number of carbonyl (C=O) groups excluding carboxylic acids is 1. The summed E-state index contributed by atoms with van der Waals surface area (Å²) in [5, 5.41) is 0. The van der Waals surface area contributed by atoms with Crippen LogP contribution in [0.4, 0.5) is 11.4 Å². The summed E-state index contributed by atoms with van der Waals surface area (Å²) in [6.45, 7) is 0. The lowest BCUT2D eigenvalue weighted by molar-refractivity contribution is -0.122. The summed E-state index contributed by atoms with van der Waals surface area (Å²) in [6.07, 6.45) is 2.71. The number of hydrogen-bond acceptors (Lipinski definition) is 2. The minimum absolute atomic E-state index is 0.0458. The van der Waals surface area contributed by atoms with Crippen molar-refractivity contribution in [1.29, 1.82) is 0 Å². The Labute approximate surface area is 125 Å². The van der Waals surface area contributed by atoms with Gasteiger partial charge >= 0.3 is 0 Å². The predicted octanol–water partition coefficient (Wildman–Crippen LogP) is 3.04. The number of para-hydroxylation sites is 2. The SMILES string of the molecule is CN(C(=O)C1CCc2ccccc2C1)c1ccccc1N. The molecule has 1 amide bonds. The Balaban J connectivity index is 1.79. The van der Waals surface area contributed by atoms with Gasteiger partial charge in [-0.25, -0.2) is 0 Å². The molecule has 0 aliphatic heterocycles. The third kappa shape index (κ3) is 2.64. The molecule has 0 saturated heterocycles. The first-order chi connectivity index (χ1) is 10.2. The van der Waals surface area contributed by atoms with E-state index in [1.54, 1.807) is 4.90 Å². The number of anilines is 2. The normalized spacial score (nSPS) is 17.1. The lowest BCUT2D eigenvalue weighted by atomic mass is 9.83. The van der Waals surface area contributed by atoms with E-state index in [-0.39, 0.29) is 11.8 Å². The number of hydrogen-bond donors (Lipinski definition) is 1. The molecule has 3 rings (SSSR count). The van der Waals surface area contributed by atoms with Crippen molar-refractivity contribution in [3.05, 3.63) is 59.7 Å². The molecule has 0 spiro atoms. The summed E-state index contributed by atoms with van der Waals surface area (Å²) in [5.74, 6) is 0.201. The zero-order chi connectivity index (χ0) is 14.8. The van der Waals surface area contributed by atoms with E-state index in [1.807, 2.05) is 37.4 Å². The van der Waals surface area contributed by atoms with E-state index in [1.165, 1.54) is 11.1 Å². The summed E-state index contributed by atoms with van der Waals surface area (Å²) >= 11 is 0. The van der Waals surface area contributed by atoms with E-state index in [0.29, 0.717) is 5.69 Å². The van der Waals surface area contributed by atoms with Crippen molar-refractivity contribution in [2.24, 2.45) is 5.92 Å². The van der Waals surface area contributed by atoms with Crippen LogP contribution in [0.5, 0.6) is 0 Å². The number of nitrogens with two attached hydrogens (primary N) is 1. The molecule has 0 bridgehead atoms. The van der Waals surface area contributed by atoms with Gasteiger partial charge in [-0.15, -0.1) is 0 Å². The van der Waals surface area contributed by atoms with Crippen LogP contribution < -0.4 is 10.6 Å². The molecule has 21 heavy (non-hydrogen) atoms. The lowest BCUT2D eigenvalue weighted by Crippen LogP contribution is -2.36. The highest BCUT2D eigenvalue weighted by Crippen LogP contribution is 2.29. The number of nitrogens with zero attached hydrogens (tertiary/aromatic N) is 1. The van der Waals surface area contributed by atoms with E-state index in [9.17, 15) is 4.79 Å². The molecule has 2 N–H and O–H groups in total. The van der Waals surface area contributed by atoms with Gasteiger partial charge < -0.3 is 10.6 Å². The second-order valence-electron chi connectivity index (χ2n) is 5.66. The zero-order valence-corrected chi connectivity index (χ0v) is 12.3. The number of nitrogen functional groups attached to an aromatic ring is 1. The molecule has 2 aromatic rings. The lowest BCUT2D eigenvalue weighted by Gasteiger charge is -2.28. The van der Waals surface area contributed by atoms with Gasteiger partial charge in [-0.3, -0.25) is 4.79 Å². The van der Waals surface area contributed by atoms with Crippen molar-refractivity contribution < 1.29 is 4.79 Å². The van der Waals surface area contributed by atoms with Gasteiger partial charge in [0.1, 0.15) is 0 Å². The highest BCUT2D eigenvalue weighted by atomic mass is 16.2. The average molecular weight is 280 g/mol. The molecule has 3 nitrogen and oxygen atoms in total. The Morgan fingerprint density at radius 2 is 1.76 bits per heavy atom. The molecule has 3 heteroatoms. The molecule has 0 fully saturated rings. The maximum absolute atomic E-state index is 12.7. The van der Waals surface area contributed by atoms with Gasteiger partial charge in [0.2, 0.25) is 5.91 Å². The van der Waals surface area contributed by atoms with Crippen molar-refractivity contribution in [1.82, 2.24) is 0 Å². The first-order valence-corrected chi connectivity index (χ1v) is 7.35. The average Bonchev–Trinajstić information content (AvgIpc) is 2.53. The Hall–Kier alpha value is -2.29. The van der Waals surface area contributed by atoms with Crippen LogP contribution in [0, 0.1) is 5.92 Å². The number of benzene rings is 2. The molecule has 1 aliphatic carbocycles. The molecular weight excluding hydrogens is 260 g/mol. The topological polar surface area (TPSA) is 46.3 Å². The van der Waals surface area contributed by atoms with Crippen molar-refractivity contribution in [2.75, 3.05) is 17.7 Å². The van der Waals surface area contributed by atoms with E-state index in [2.05, 4.69) is 18.2 Å². The predicted molar refractivity (Wildman–Crippen MR) is 86.2 cm³/mol. The fraction of sp³-hybridized carbons (Fsp3) is 0.278. The van der Waals surface area contributed by atoms with E-state index < -0.39 is 0 Å². The molecule has 0 aromatic heterocycles. The minimum Gasteiger partial charge on any atom is -0.397 e. The Morgan fingerprint density at radius 3 is 2.52 bits per heavy atom. The largest absolute Gasteiger partial charge is 0.397 e. The second kappa shape index (κ2) is 5.60. The Morgan fingerprint density at radius 1 is 1.10 bits per heavy atom. The van der Waals surface area contributed by atoms with Crippen LogP contribution in [0.15, 0.2) is 48.5 Å². The Kier molecular flexibility index (Phi) is 3.65. The van der Waals surface area contributed by atoms with E-state index in [0.717, 1.165) is 24.9 Å². The van der Waals surface area contributed by atoms with Crippen LogP contribution in [-0.4, -0.2) is 13.0 Å². The van der Waals surface area contributed by atoms with E-state index in [4.69, 9.17) is 5.73 Å². The zero-order valence-electron chi connectivity index (χ0n) is 12.3. The second-order valence-corrected chi connectivity index (χ2v) is 5.66. The molecule has 108 valence electrons. The first-order valence-electron chi connectivity index (χ1n) is 7.35. The van der Waals surface area contributed by atoms with Gasteiger partial charge in [-0.1, -0.05) is 36.4 Å². The van der Waals surface area contributed by atoms with Crippen LogP contribution >= 0.6 is 0 Å². The van der Waals surface area contributed by atoms with Crippen molar-refractivity contribution in [3.8, 4) is 0 Å². The van der Waals surface area contributed by atoms with Gasteiger partial charge in [-0.05, 0) is 42.5 Å². The third-order valence-corrected chi connectivity index (χ3v) is 4.32. The van der Waals surface area contributed by atoms with Crippen molar-refractivity contribution in [3.63, 3.8) is 0 Å². The molecule has 2 aromatic carbocycles. The van der Waals surface area contributed by atoms with Gasteiger partial charge in [0.15, 0.2) is 0 Å². The maximum atomic E-state index is 12.7. The fourth-order valence-corrected chi connectivity index (χ4v) is 3.09. The minimum atomic E-state index is 0.0458.